The fourth-order valence-corrected chi connectivity index (χ4v) is 2.13. The normalized spacial score (nSPS) is 20.3. The molecular formula is C14H28N4O. The van der Waals surface area contributed by atoms with Crippen molar-refractivity contribution in [2.75, 3.05) is 26.7 Å². The van der Waals surface area contributed by atoms with Gasteiger partial charge in [-0.2, -0.15) is 0 Å². The van der Waals surface area contributed by atoms with E-state index in [2.05, 4.69) is 29.5 Å². The van der Waals surface area contributed by atoms with Crippen LogP contribution in [-0.2, 0) is 4.79 Å². The molecule has 1 saturated heterocycles. The zero-order valence-corrected chi connectivity index (χ0v) is 12.9. The number of carbonyl (C=O) groups is 1. The van der Waals surface area contributed by atoms with Crippen LogP contribution in [0.25, 0.3) is 0 Å². The van der Waals surface area contributed by atoms with Crippen molar-refractivity contribution in [3.8, 4) is 0 Å². The second-order valence-electron chi connectivity index (χ2n) is 5.92. The van der Waals surface area contributed by atoms with E-state index < -0.39 is 0 Å². The van der Waals surface area contributed by atoms with Crippen LogP contribution in [0, 0.1) is 11.8 Å². The first-order chi connectivity index (χ1) is 8.93. The summed E-state index contributed by atoms with van der Waals surface area (Å²) in [6.07, 6.45) is 0.987. The Balaban J connectivity index is 2.40. The zero-order valence-electron chi connectivity index (χ0n) is 12.9. The minimum Gasteiger partial charge on any atom is -0.356 e. The summed E-state index contributed by atoms with van der Waals surface area (Å²) in [5.74, 6) is 1.74. The van der Waals surface area contributed by atoms with Gasteiger partial charge in [0.1, 0.15) is 0 Å². The molecule has 0 radical (unpaired) electrons. The van der Waals surface area contributed by atoms with Gasteiger partial charge in [-0.25, -0.2) is 0 Å². The van der Waals surface area contributed by atoms with E-state index in [0.29, 0.717) is 12.0 Å². The van der Waals surface area contributed by atoms with Crippen molar-refractivity contribution in [2.45, 2.75) is 40.2 Å². The number of hydrogen-bond donors (Lipinski definition) is 2. The van der Waals surface area contributed by atoms with Crippen LogP contribution in [0.5, 0.6) is 0 Å². The standard InChI is InChI=1S/C14H28N4O/c1-10(2)8-16-14(15-5)17-12-6-7-18(9-12)13(19)11(3)4/h10-12H,6-9H2,1-5H3,(H2,15,16,17). The summed E-state index contributed by atoms with van der Waals surface area (Å²) < 4.78 is 0. The van der Waals surface area contributed by atoms with Gasteiger partial charge in [0, 0.05) is 38.6 Å². The average Bonchev–Trinajstić information content (AvgIpc) is 2.81. The minimum atomic E-state index is 0.0807. The number of rotatable bonds is 4. The Morgan fingerprint density at radius 2 is 2.05 bits per heavy atom. The molecule has 1 unspecified atom stereocenters. The Hall–Kier alpha value is -1.26. The topological polar surface area (TPSA) is 56.7 Å². The highest BCUT2D eigenvalue weighted by molar-refractivity contribution is 5.81. The van der Waals surface area contributed by atoms with Gasteiger partial charge >= 0.3 is 0 Å². The van der Waals surface area contributed by atoms with Gasteiger partial charge in [0.05, 0.1) is 0 Å². The van der Waals surface area contributed by atoms with Crippen molar-refractivity contribution < 1.29 is 4.79 Å². The van der Waals surface area contributed by atoms with E-state index >= 15 is 0 Å². The first-order valence-electron chi connectivity index (χ1n) is 7.20. The molecule has 1 atom stereocenters. The third-order valence-corrected chi connectivity index (χ3v) is 3.24. The van der Waals surface area contributed by atoms with E-state index in [-0.39, 0.29) is 11.8 Å². The van der Waals surface area contributed by atoms with Crippen LogP contribution < -0.4 is 10.6 Å². The van der Waals surface area contributed by atoms with E-state index in [1.165, 1.54) is 0 Å². The van der Waals surface area contributed by atoms with Crippen LogP contribution in [0.4, 0.5) is 0 Å². The predicted octanol–water partition coefficient (Wildman–Crippen LogP) is 1.06. The number of nitrogens with zero attached hydrogens (tertiary/aromatic N) is 2. The molecule has 0 aliphatic carbocycles. The third kappa shape index (κ3) is 5.09. The Kier molecular flexibility index (Phi) is 6.12. The van der Waals surface area contributed by atoms with Crippen LogP contribution in [0.15, 0.2) is 4.99 Å². The van der Waals surface area contributed by atoms with Crippen LogP contribution in [-0.4, -0.2) is 49.5 Å². The van der Waals surface area contributed by atoms with Crippen molar-refractivity contribution in [3.63, 3.8) is 0 Å². The van der Waals surface area contributed by atoms with Gasteiger partial charge in [0.2, 0.25) is 5.91 Å². The summed E-state index contributed by atoms with van der Waals surface area (Å²) in [4.78, 5) is 18.1. The molecule has 0 aromatic rings. The van der Waals surface area contributed by atoms with Crippen molar-refractivity contribution in [1.29, 1.82) is 0 Å². The molecule has 1 aliphatic heterocycles. The summed E-state index contributed by atoms with van der Waals surface area (Å²) in [5, 5.41) is 6.69. The average molecular weight is 268 g/mol. The molecule has 1 heterocycles. The highest BCUT2D eigenvalue weighted by atomic mass is 16.2. The minimum absolute atomic E-state index is 0.0807. The summed E-state index contributed by atoms with van der Waals surface area (Å²) in [7, 11) is 1.78. The van der Waals surface area contributed by atoms with Crippen molar-refractivity contribution in [3.05, 3.63) is 0 Å². The molecule has 1 amide bonds. The number of nitrogens with one attached hydrogen (secondary N) is 2. The van der Waals surface area contributed by atoms with E-state index in [1.807, 2.05) is 18.7 Å². The van der Waals surface area contributed by atoms with Crippen LogP contribution in [0.3, 0.4) is 0 Å². The van der Waals surface area contributed by atoms with E-state index in [0.717, 1.165) is 32.0 Å². The molecule has 5 nitrogen and oxygen atoms in total. The molecule has 0 aromatic carbocycles. The summed E-state index contributed by atoms with van der Waals surface area (Å²) in [6.45, 7) is 10.8. The SMILES string of the molecule is CN=C(NCC(C)C)NC1CCN(C(=O)C(C)C)C1. The zero-order chi connectivity index (χ0) is 14.4. The number of carbonyl (C=O) groups excluding carboxylic acids is 1. The number of hydrogen-bond acceptors (Lipinski definition) is 2. The molecule has 0 spiro atoms. The molecule has 0 saturated carbocycles. The fourth-order valence-electron chi connectivity index (χ4n) is 2.13. The Morgan fingerprint density at radius 1 is 1.37 bits per heavy atom. The highest BCUT2D eigenvalue weighted by Gasteiger charge is 2.27. The second kappa shape index (κ2) is 7.36. The van der Waals surface area contributed by atoms with Crippen molar-refractivity contribution >= 4 is 11.9 Å². The van der Waals surface area contributed by atoms with Crippen LogP contribution >= 0.6 is 0 Å². The number of aliphatic imine (C=N–C) groups is 1. The van der Waals surface area contributed by atoms with Gasteiger partial charge in [0.15, 0.2) is 5.96 Å². The molecule has 5 heteroatoms. The van der Waals surface area contributed by atoms with Crippen molar-refractivity contribution in [1.82, 2.24) is 15.5 Å². The van der Waals surface area contributed by atoms with E-state index in [9.17, 15) is 4.79 Å². The molecular weight excluding hydrogens is 240 g/mol. The maximum atomic E-state index is 11.9. The fraction of sp³-hybridized carbons (Fsp3) is 0.857. The van der Waals surface area contributed by atoms with Crippen molar-refractivity contribution in [2.24, 2.45) is 16.8 Å². The number of likely N-dealkylation sites (tertiary alicyclic amines) is 1. The maximum absolute atomic E-state index is 11.9. The summed E-state index contributed by atoms with van der Waals surface area (Å²) >= 11 is 0. The number of amides is 1. The molecule has 2 N–H and O–H groups in total. The molecule has 0 aromatic heterocycles. The lowest BCUT2D eigenvalue weighted by Gasteiger charge is -2.20. The Bertz CT molecular complexity index is 325. The lowest BCUT2D eigenvalue weighted by Crippen LogP contribution is -2.46. The van der Waals surface area contributed by atoms with Crippen LogP contribution in [0.1, 0.15) is 34.1 Å². The monoisotopic (exact) mass is 268 g/mol. The van der Waals surface area contributed by atoms with Gasteiger partial charge in [-0.1, -0.05) is 27.7 Å². The predicted molar refractivity (Wildman–Crippen MR) is 79.2 cm³/mol. The van der Waals surface area contributed by atoms with Gasteiger partial charge in [0.25, 0.3) is 0 Å². The first kappa shape index (κ1) is 15.8. The largest absolute Gasteiger partial charge is 0.356 e. The van der Waals surface area contributed by atoms with E-state index in [1.54, 1.807) is 7.05 Å². The van der Waals surface area contributed by atoms with Gasteiger partial charge in [-0.05, 0) is 12.3 Å². The lowest BCUT2D eigenvalue weighted by molar-refractivity contribution is -0.133. The molecule has 19 heavy (non-hydrogen) atoms. The second-order valence-corrected chi connectivity index (χ2v) is 5.92. The van der Waals surface area contributed by atoms with Gasteiger partial charge < -0.3 is 15.5 Å². The molecule has 1 fully saturated rings. The Labute approximate surface area is 116 Å². The maximum Gasteiger partial charge on any atom is 0.225 e. The summed E-state index contributed by atoms with van der Waals surface area (Å²) in [5.41, 5.74) is 0. The van der Waals surface area contributed by atoms with Gasteiger partial charge in [-0.3, -0.25) is 9.79 Å². The highest BCUT2D eigenvalue weighted by Crippen LogP contribution is 2.12. The molecule has 1 rings (SSSR count). The Morgan fingerprint density at radius 3 is 2.58 bits per heavy atom. The first-order valence-corrected chi connectivity index (χ1v) is 7.20. The molecule has 110 valence electrons. The van der Waals surface area contributed by atoms with Crippen LogP contribution in [0.2, 0.25) is 0 Å². The molecule has 1 aliphatic rings. The quantitative estimate of drug-likeness (QED) is 0.592. The number of guanidine groups is 1. The van der Waals surface area contributed by atoms with E-state index in [4.69, 9.17) is 0 Å². The third-order valence-electron chi connectivity index (χ3n) is 3.24. The smallest absolute Gasteiger partial charge is 0.225 e. The summed E-state index contributed by atoms with van der Waals surface area (Å²) in [6, 6.07) is 0.307. The van der Waals surface area contributed by atoms with Gasteiger partial charge in [-0.15, -0.1) is 0 Å². The molecule has 0 bridgehead atoms. The lowest BCUT2D eigenvalue weighted by atomic mass is 10.2.